The molecule has 0 aliphatic heterocycles. The predicted octanol–water partition coefficient (Wildman–Crippen LogP) is 4.96. The van der Waals surface area contributed by atoms with Crippen LogP contribution in [-0.4, -0.2) is 42.5 Å². The van der Waals surface area contributed by atoms with Gasteiger partial charge in [-0.05, 0) is 51.7 Å². The summed E-state index contributed by atoms with van der Waals surface area (Å²) in [6.07, 6.45) is 18.0. The highest BCUT2D eigenvalue weighted by Gasteiger charge is 2.04. The summed E-state index contributed by atoms with van der Waals surface area (Å²) in [6.45, 7) is 6.18. The summed E-state index contributed by atoms with van der Waals surface area (Å²) in [5.74, 6) is 0. The van der Waals surface area contributed by atoms with Gasteiger partial charge in [-0.3, -0.25) is 0 Å². The van der Waals surface area contributed by atoms with E-state index in [1.807, 2.05) is 0 Å². The fraction of sp³-hybridized carbons (Fsp3) is 0.950. The summed E-state index contributed by atoms with van der Waals surface area (Å²) in [5.41, 5.74) is 0. The lowest BCUT2D eigenvalue weighted by atomic mass is 10.1. The molecule has 0 unspecified atom stereocenters. The molecule has 0 amide bonds. The monoisotopic (exact) mass is 327 g/mol. The van der Waals surface area contributed by atoms with E-state index in [4.69, 9.17) is 5.11 Å². The molecule has 1 N–H and O–H groups in total. The van der Waals surface area contributed by atoms with Gasteiger partial charge in [-0.25, -0.2) is 0 Å². The number of carbonyl (C=O) groups excluding carboxylic acids is 1. The molecule has 0 bridgehead atoms. The molecule has 0 fully saturated rings. The Bertz CT molecular complexity index is 234. The molecule has 0 aromatic rings. The Balaban J connectivity index is 3.63. The number of carbonyl (C=O) groups is 1. The van der Waals surface area contributed by atoms with E-state index in [1.54, 1.807) is 0 Å². The highest BCUT2D eigenvalue weighted by Crippen LogP contribution is 2.09. The summed E-state index contributed by atoms with van der Waals surface area (Å²) >= 11 is 0. The van der Waals surface area contributed by atoms with Crippen molar-refractivity contribution < 1.29 is 9.90 Å². The first-order valence-corrected chi connectivity index (χ1v) is 10.1. The third-order valence-corrected chi connectivity index (χ3v) is 4.51. The van der Waals surface area contributed by atoms with E-state index >= 15 is 0 Å². The van der Waals surface area contributed by atoms with Crippen LogP contribution in [0.25, 0.3) is 0 Å². The largest absolute Gasteiger partial charge is 0.396 e. The number of rotatable bonds is 19. The van der Waals surface area contributed by atoms with Crippen molar-refractivity contribution in [3.05, 3.63) is 0 Å². The van der Waals surface area contributed by atoms with Gasteiger partial charge in [0.05, 0.1) is 0 Å². The molecule has 0 rings (SSSR count). The summed E-state index contributed by atoms with van der Waals surface area (Å²) in [6, 6.07) is 0. The molecule has 23 heavy (non-hydrogen) atoms. The molecule has 0 aromatic heterocycles. The highest BCUT2D eigenvalue weighted by molar-refractivity contribution is 5.48. The Morgan fingerprint density at radius 2 is 1.17 bits per heavy atom. The number of aliphatic hydroxyl groups excluding tert-OH is 1. The molecule has 0 saturated heterocycles. The van der Waals surface area contributed by atoms with Crippen LogP contribution in [0, 0.1) is 0 Å². The van der Waals surface area contributed by atoms with Gasteiger partial charge < -0.3 is 14.8 Å². The van der Waals surface area contributed by atoms with Crippen molar-refractivity contribution in [2.45, 2.75) is 96.8 Å². The van der Waals surface area contributed by atoms with Crippen LogP contribution >= 0.6 is 0 Å². The fourth-order valence-corrected chi connectivity index (χ4v) is 2.99. The van der Waals surface area contributed by atoms with Crippen molar-refractivity contribution in [3.8, 4) is 0 Å². The lowest BCUT2D eigenvalue weighted by molar-refractivity contribution is -0.107. The summed E-state index contributed by atoms with van der Waals surface area (Å²) in [5, 5.41) is 8.95. The molecular formula is C20H41NO2. The minimum Gasteiger partial charge on any atom is -0.396 e. The first-order valence-electron chi connectivity index (χ1n) is 10.1. The van der Waals surface area contributed by atoms with Crippen molar-refractivity contribution in [3.63, 3.8) is 0 Å². The van der Waals surface area contributed by atoms with Gasteiger partial charge in [0.2, 0.25) is 0 Å². The van der Waals surface area contributed by atoms with Crippen LogP contribution in [0.4, 0.5) is 0 Å². The third kappa shape index (κ3) is 17.8. The average Bonchev–Trinajstić information content (AvgIpc) is 2.56. The zero-order valence-electron chi connectivity index (χ0n) is 15.6. The van der Waals surface area contributed by atoms with Crippen molar-refractivity contribution >= 4 is 6.29 Å². The fourth-order valence-electron chi connectivity index (χ4n) is 2.99. The quantitative estimate of drug-likeness (QED) is 0.269. The van der Waals surface area contributed by atoms with Crippen molar-refractivity contribution in [1.82, 2.24) is 4.90 Å². The Morgan fingerprint density at radius 1 is 0.696 bits per heavy atom. The first-order chi connectivity index (χ1) is 11.3. The second-order valence-corrected chi connectivity index (χ2v) is 6.76. The van der Waals surface area contributed by atoms with E-state index in [9.17, 15) is 4.79 Å². The van der Waals surface area contributed by atoms with Crippen LogP contribution in [0.3, 0.4) is 0 Å². The summed E-state index contributed by atoms with van der Waals surface area (Å²) in [7, 11) is 0. The molecule has 0 radical (unpaired) electrons. The zero-order chi connectivity index (χ0) is 17.0. The molecule has 3 nitrogen and oxygen atoms in total. The molecular weight excluding hydrogens is 286 g/mol. The van der Waals surface area contributed by atoms with Gasteiger partial charge in [-0.2, -0.15) is 0 Å². The summed E-state index contributed by atoms with van der Waals surface area (Å²) in [4.78, 5) is 12.9. The number of aldehydes is 1. The number of aliphatic hydroxyl groups is 1. The number of unbranched alkanes of at least 4 members (excludes halogenated alkanes) is 11. The maximum absolute atomic E-state index is 10.2. The van der Waals surface area contributed by atoms with Crippen molar-refractivity contribution in [1.29, 1.82) is 0 Å². The lowest BCUT2D eigenvalue weighted by Crippen LogP contribution is -2.27. The smallest absolute Gasteiger partial charge is 0.119 e. The van der Waals surface area contributed by atoms with E-state index in [0.717, 1.165) is 38.5 Å². The molecule has 0 heterocycles. The average molecular weight is 328 g/mol. The number of hydrogen-bond donors (Lipinski definition) is 1. The van der Waals surface area contributed by atoms with E-state index in [0.29, 0.717) is 6.61 Å². The van der Waals surface area contributed by atoms with Crippen LogP contribution in [0.1, 0.15) is 96.8 Å². The third-order valence-electron chi connectivity index (χ3n) is 4.51. The molecule has 0 spiro atoms. The molecule has 0 aliphatic rings. The first kappa shape index (κ1) is 22.6. The van der Waals surface area contributed by atoms with Gasteiger partial charge in [-0.15, -0.1) is 0 Å². The number of hydrogen-bond acceptors (Lipinski definition) is 3. The van der Waals surface area contributed by atoms with Gasteiger partial charge in [0.25, 0.3) is 0 Å². The molecule has 0 aliphatic carbocycles. The van der Waals surface area contributed by atoms with Gasteiger partial charge in [0.1, 0.15) is 6.29 Å². The normalized spacial score (nSPS) is 11.3. The minimum absolute atomic E-state index is 0.325. The second kappa shape index (κ2) is 19.6. The lowest BCUT2D eigenvalue weighted by Gasteiger charge is -2.22. The highest BCUT2D eigenvalue weighted by atomic mass is 16.2. The van der Waals surface area contributed by atoms with E-state index in [-0.39, 0.29) is 0 Å². The Kier molecular flexibility index (Phi) is 19.3. The van der Waals surface area contributed by atoms with Gasteiger partial charge in [0, 0.05) is 13.0 Å². The van der Waals surface area contributed by atoms with Gasteiger partial charge >= 0.3 is 0 Å². The Labute approximate surface area is 144 Å². The topological polar surface area (TPSA) is 40.5 Å². The van der Waals surface area contributed by atoms with Crippen molar-refractivity contribution in [2.24, 2.45) is 0 Å². The maximum atomic E-state index is 10.2. The molecule has 0 saturated carbocycles. The van der Waals surface area contributed by atoms with Gasteiger partial charge in [-0.1, -0.05) is 58.3 Å². The van der Waals surface area contributed by atoms with Crippen LogP contribution in [-0.2, 0) is 4.79 Å². The SMILES string of the molecule is CCCCCCCN(CCCCO)CCCCCCCCC=O. The van der Waals surface area contributed by atoms with Crippen LogP contribution < -0.4 is 0 Å². The standard InChI is InChI=1S/C20H41NO2/c1-2-3-4-8-11-16-21(18-13-15-20-23)17-12-9-6-5-7-10-14-19-22/h19,23H,2-18,20H2,1H3. The Hall–Kier alpha value is -0.410. The van der Waals surface area contributed by atoms with E-state index < -0.39 is 0 Å². The molecule has 3 heteroatoms. The van der Waals surface area contributed by atoms with Crippen molar-refractivity contribution in [2.75, 3.05) is 26.2 Å². The molecule has 138 valence electrons. The number of nitrogens with zero attached hydrogens (tertiary/aromatic N) is 1. The minimum atomic E-state index is 0.325. The summed E-state index contributed by atoms with van der Waals surface area (Å²) < 4.78 is 0. The maximum Gasteiger partial charge on any atom is 0.119 e. The van der Waals surface area contributed by atoms with Gasteiger partial charge in [0.15, 0.2) is 0 Å². The predicted molar refractivity (Wildman–Crippen MR) is 99.9 cm³/mol. The van der Waals surface area contributed by atoms with Crippen LogP contribution in [0.5, 0.6) is 0 Å². The Morgan fingerprint density at radius 3 is 1.70 bits per heavy atom. The van der Waals surface area contributed by atoms with Crippen LogP contribution in [0.2, 0.25) is 0 Å². The molecule has 0 atom stereocenters. The van der Waals surface area contributed by atoms with Crippen LogP contribution in [0.15, 0.2) is 0 Å². The van der Waals surface area contributed by atoms with E-state index in [1.165, 1.54) is 77.3 Å². The second-order valence-electron chi connectivity index (χ2n) is 6.76. The van der Waals surface area contributed by atoms with E-state index in [2.05, 4.69) is 11.8 Å². The zero-order valence-corrected chi connectivity index (χ0v) is 15.6. The molecule has 0 aromatic carbocycles.